The van der Waals surface area contributed by atoms with Gasteiger partial charge in [0, 0.05) is 17.1 Å². The molecule has 0 bridgehead atoms. The van der Waals surface area contributed by atoms with Crippen LogP contribution in [0.1, 0.15) is 11.6 Å². The van der Waals surface area contributed by atoms with Crippen molar-refractivity contribution in [1.29, 1.82) is 0 Å². The van der Waals surface area contributed by atoms with Crippen LogP contribution in [0, 0.1) is 0 Å². The van der Waals surface area contributed by atoms with Crippen LogP contribution < -0.4 is 15.8 Å². The average molecular weight is 337 g/mol. The Bertz CT molecular complexity index is 903. The third-order valence-electron chi connectivity index (χ3n) is 4.01. The third kappa shape index (κ3) is 3.63. The maximum atomic E-state index is 12.4. The number of carbonyl (C=O) groups excluding carboxylic acids is 2. The van der Waals surface area contributed by atoms with Gasteiger partial charge in [-0.1, -0.05) is 30.3 Å². The van der Waals surface area contributed by atoms with Crippen LogP contribution in [0.25, 0.3) is 10.9 Å². The highest BCUT2D eigenvalue weighted by atomic mass is 16.5. The van der Waals surface area contributed by atoms with Crippen molar-refractivity contribution in [3.05, 3.63) is 66.4 Å². The lowest BCUT2D eigenvalue weighted by molar-refractivity contribution is -0.127. The number of carbonyl (C=O) groups is 2. The van der Waals surface area contributed by atoms with E-state index in [1.165, 1.54) is 0 Å². The van der Waals surface area contributed by atoms with Crippen LogP contribution in [-0.2, 0) is 16.1 Å². The highest BCUT2D eigenvalue weighted by Crippen LogP contribution is 2.22. The van der Waals surface area contributed by atoms with E-state index in [4.69, 9.17) is 10.5 Å². The Balaban J connectivity index is 1.76. The molecule has 6 heteroatoms. The molecule has 3 N–H and O–H groups in total. The van der Waals surface area contributed by atoms with E-state index in [0.717, 1.165) is 16.7 Å². The normalized spacial score (nSPS) is 11.9. The van der Waals surface area contributed by atoms with Crippen molar-refractivity contribution < 1.29 is 14.3 Å². The van der Waals surface area contributed by atoms with Gasteiger partial charge < -0.3 is 20.4 Å². The van der Waals surface area contributed by atoms with E-state index in [-0.39, 0.29) is 12.5 Å². The summed E-state index contributed by atoms with van der Waals surface area (Å²) in [6, 6.07) is 15.6. The first-order valence-corrected chi connectivity index (χ1v) is 7.85. The third-order valence-corrected chi connectivity index (χ3v) is 4.01. The minimum atomic E-state index is -0.851. The molecule has 2 aromatic carbocycles. The molecular weight excluding hydrogens is 318 g/mol. The minimum absolute atomic E-state index is 0.0897. The molecule has 0 fully saturated rings. The predicted octanol–water partition coefficient (Wildman–Crippen LogP) is 1.99. The van der Waals surface area contributed by atoms with Crippen molar-refractivity contribution in [1.82, 2.24) is 9.88 Å². The Morgan fingerprint density at radius 3 is 2.60 bits per heavy atom. The van der Waals surface area contributed by atoms with Gasteiger partial charge in [-0.25, -0.2) is 0 Å². The van der Waals surface area contributed by atoms with Crippen molar-refractivity contribution in [2.45, 2.75) is 12.6 Å². The fourth-order valence-corrected chi connectivity index (χ4v) is 2.77. The fraction of sp³-hybridized carbons (Fsp3) is 0.158. The molecule has 0 aliphatic heterocycles. The number of aromatic nitrogens is 1. The number of primary amides is 1. The van der Waals surface area contributed by atoms with Crippen LogP contribution in [0.4, 0.5) is 0 Å². The second kappa shape index (κ2) is 7.09. The van der Waals surface area contributed by atoms with Crippen molar-refractivity contribution in [3.63, 3.8) is 0 Å². The van der Waals surface area contributed by atoms with E-state index >= 15 is 0 Å². The summed E-state index contributed by atoms with van der Waals surface area (Å²) in [4.78, 5) is 24.1. The van der Waals surface area contributed by atoms with Crippen LogP contribution in [0.15, 0.2) is 60.8 Å². The summed E-state index contributed by atoms with van der Waals surface area (Å²) in [7, 11) is 1.61. The summed E-state index contributed by atoms with van der Waals surface area (Å²) >= 11 is 0. The molecule has 3 aromatic rings. The van der Waals surface area contributed by atoms with Gasteiger partial charge in [0.1, 0.15) is 18.3 Å². The van der Waals surface area contributed by atoms with Gasteiger partial charge in [-0.3, -0.25) is 9.59 Å². The minimum Gasteiger partial charge on any atom is -0.497 e. The van der Waals surface area contributed by atoms with Crippen molar-refractivity contribution >= 4 is 22.7 Å². The van der Waals surface area contributed by atoms with E-state index in [1.807, 2.05) is 41.1 Å². The molecule has 0 aliphatic rings. The molecule has 25 heavy (non-hydrogen) atoms. The monoisotopic (exact) mass is 337 g/mol. The van der Waals surface area contributed by atoms with Gasteiger partial charge in [0.2, 0.25) is 11.8 Å². The molecule has 2 amide bonds. The molecule has 0 radical (unpaired) electrons. The second-order valence-electron chi connectivity index (χ2n) is 5.68. The molecule has 0 aliphatic carbocycles. The SMILES string of the molecule is COc1ccc2c(ccn2CC(=O)N[C@H](C(N)=O)c2ccccc2)c1. The lowest BCUT2D eigenvalue weighted by atomic mass is 10.1. The van der Waals surface area contributed by atoms with Crippen LogP contribution in [0.3, 0.4) is 0 Å². The van der Waals surface area contributed by atoms with Crippen LogP contribution >= 0.6 is 0 Å². The number of ether oxygens (including phenoxy) is 1. The van der Waals surface area contributed by atoms with Gasteiger partial charge in [-0.2, -0.15) is 0 Å². The molecule has 128 valence electrons. The molecule has 6 nitrogen and oxygen atoms in total. The predicted molar refractivity (Wildman–Crippen MR) is 95.0 cm³/mol. The number of hydrogen-bond acceptors (Lipinski definition) is 3. The van der Waals surface area contributed by atoms with Gasteiger partial charge in [0.25, 0.3) is 0 Å². The topological polar surface area (TPSA) is 86.3 Å². The highest BCUT2D eigenvalue weighted by Gasteiger charge is 2.20. The van der Waals surface area contributed by atoms with Gasteiger partial charge in [-0.05, 0) is 29.8 Å². The summed E-state index contributed by atoms with van der Waals surface area (Å²) in [5.74, 6) is -0.129. The van der Waals surface area contributed by atoms with Gasteiger partial charge in [-0.15, -0.1) is 0 Å². The number of rotatable bonds is 6. The van der Waals surface area contributed by atoms with Crippen LogP contribution in [-0.4, -0.2) is 23.5 Å². The zero-order chi connectivity index (χ0) is 17.8. The zero-order valence-electron chi connectivity index (χ0n) is 13.8. The molecule has 0 unspecified atom stereocenters. The molecule has 1 aromatic heterocycles. The summed E-state index contributed by atoms with van der Waals surface area (Å²) in [5, 5.41) is 3.67. The van der Waals surface area contributed by atoms with Crippen molar-refractivity contribution in [3.8, 4) is 5.75 Å². The van der Waals surface area contributed by atoms with E-state index in [1.54, 1.807) is 31.4 Å². The molecular formula is C19H19N3O3. The quantitative estimate of drug-likeness (QED) is 0.721. The summed E-state index contributed by atoms with van der Waals surface area (Å²) in [6.45, 7) is 0.0897. The molecule has 0 spiro atoms. The molecule has 3 rings (SSSR count). The van der Waals surface area contributed by atoms with E-state index in [9.17, 15) is 9.59 Å². The number of nitrogens with zero attached hydrogens (tertiary/aromatic N) is 1. The molecule has 1 atom stereocenters. The molecule has 0 saturated carbocycles. The van der Waals surface area contributed by atoms with Crippen molar-refractivity contribution in [2.75, 3.05) is 7.11 Å². The summed E-state index contributed by atoms with van der Waals surface area (Å²) in [6.07, 6.45) is 1.82. The van der Waals surface area contributed by atoms with Gasteiger partial charge in [0.05, 0.1) is 7.11 Å². The number of fused-ring (bicyclic) bond motifs is 1. The van der Waals surface area contributed by atoms with Crippen LogP contribution in [0.5, 0.6) is 5.75 Å². The second-order valence-corrected chi connectivity index (χ2v) is 5.68. The number of amides is 2. The molecule has 1 heterocycles. The first kappa shape index (κ1) is 16.6. The number of nitrogens with one attached hydrogen (secondary N) is 1. The lowest BCUT2D eigenvalue weighted by Gasteiger charge is -2.16. The summed E-state index contributed by atoms with van der Waals surface area (Å²) in [5.41, 5.74) is 7.00. The first-order chi connectivity index (χ1) is 12.1. The number of methoxy groups -OCH3 is 1. The Hall–Kier alpha value is -3.28. The number of nitrogens with two attached hydrogens (primary N) is 1. The Labute approximate surface area is 145 Å². The maximum absolute atomic E-state index is 12.4. The lowest BCUT2D eigenvalue weighted by Crippen LogP contribution is -2.39. The van der Waals surface area contributed by atoms with E-state index in [2.05, 4.69) is 5.32 Å². The van der Waals surface area contributed by atoms with Crippen molar-refractivity contribution in [2.24, 2.45) is 5.73 Å². The zero-order valence-corrected chi connectivity index (χ0v) is 13.8. The summed E-state index contributed by atoms with van der Waals surface area (Å²) < 4.78 is 7.01. The van der Waals surface area contributed by atoms with E-state index < -0.39 is 11.9 Å². The maximum Gasteiger partial charge on any atom is 0.244 e. The standard InChI is InChI=1S/C19H19N3O3/c1-25-15-7-8-16-14(11-15)9-10-22(16)12-17(23)21-18(19(20)24)13-5-3-2-4-6-13/h2-11,18H,12H2,1H3,(H2,20,24)(H,21,23)/t18-/m0/s1. The molecule has 0 saturated heterocycles. The highest BCUT2D eigenvalue weighted by molar-refractivity contribution is 5.89. The fourth-order valence-electron chi connectivity index (χ4n) is 2.77. The smallest absolute Gasteiger partial charge is 0.244 e. The number of hydrogen-bond donors (Lipinski definition) is 2. The van der Waals surface area contributed by atoms with E-state index in [0.29, 0.717) is 5.56 Å². The van der Waals surface area contributed by atoms with Gasteiger partial charge in [0.15, 0.2) is 0 Å². The Morgan fingerprint density at radius 2 is 1.92 bits per heavy atom. The Kier molecular flexibility index (Phi) is 4.70. The average Bonchev–Trinajstić information content (AvgIpc) is 3.02. The first-order valence-electron chi connectivity index (χ1n) is 7.85. The van der Waals surface area contributed by atoms with Gasteiger partial charge >= 0.3 is 0 Å². The number of benzene rings is 2. The Morgan fingerprint density at radius 1 is 1.16 bits per heavy atom. The largest absolute Gasteiger partial charge is 0.497 e. The van der Waals surface area contributed by atoms with Crippen LogP contribution in [0.2, 0.25) is 0 Å².